The number of benzene rings is 1. The highest BCUT2D eigenvalue weighted by Crippen LogP contribution is 2.22. The van der Waals surface area contributed by atoms with Crippen molar-refractivity contribution < 1.29 is 13.2 Å². The Bertz CT molecular complexity index is 818. The number of hydrogen-bond donors (Lipinski definition) is 1. The van der Waals surface area contributed by atoms with Gasteiger partial charge in [-0.3, -0.25) is 4.79 Å². The highest BCUT2D eigenvalue weighted by Gasteiger charge is 2.15. The minimum Gasteiger partial charge on any atom is -0.324 e. The number of amides is 1. The third-order valence-electron chi connectivity index (χ3n) is 3.48. The molecule has 0 saturated carbocycles. The third kappa shape index (κ3) is 5.86. The van der Waals surface area contributed by atoms with E-state index in [-0.39, 0.29) is 16.6 Å². The van der Waals surface area contributed by atoms with E-state index in [0.29, 0.717) is 10.8 Å². The number of carbonyl (C=O) groups excluding carboxylic acids is 1. The van der Waals surface area contributed by atoms with Crippen molar-refractivity contribution in [3.63, 3.8) is 0 Å². The van der Waals surface area contributed by atoms with Crippen LogP contribution >= 0.6 is 11.8 Å². The summed E-state index contributed by atoms with van der Waals surface area (Å²) < 4.78 is 25.5. The Balaban J connectivity index is 1.96. The van der Waals surface area contributed by atoms with Crippen LogP contribution in [0.15, 0.2) is 40.6 Å². The molecule has 0 aliphatic rings. The summed E-state index contributed by atoms with van der Waals surface area (Å²) in [6.07, 6.45) is 6.08. The van der Waals surface area contributed by atoms with Gasteiger partial charge in [0.15, 0.2) is 15.0 Å². The fraction of sp³-hybridized carbons (Fsp3) is 0.438. The lowest BCUT2D eigenvalue weighted by Gasteiger charge is -2.10. The number of rotatable bonds is 9. The average Bonchev–Trinajstić information content (AvgIpc) is 3.00. The molecule has 1 N–H and O–H groups in total. The van der Waals surface area contributed by atoms with Gasteiger partial charge in [-0.2, -0.15) is 0 Å². The maximum Gasteiger partial charge on any atom is 0.234 e. The molecule has 0 aliphatic carbocycles. The molecule has 1 heterocycles. The Labute approximate surface area is 152 Å². The van der Waals surface area contributed by atoms with Crippen LogP contribution in [0.4, 0.5) is 5.69 Å². The van der Waals surface area contributed by atoms with Gasteiger partial charge in [0, 0.05) is 12.8 Å². The van der Waals surface area contributed by atoms with Gasteiger partial charge in [-0.1, -0.05) is 43.7 Å². The van der Waals surface area contributed by atoms with Gasteiger partial charge in [-0.25, -0.2) is 8.42 Å². The Morgan fingerprint density at radius 2 is 2.04 bits per heavy atom. The molecule has 1 aromatic heterocycles. The second kappa shape index (κ2) is 9.00. The maximum absolute atomic E-state index is 12.2. The van der Waals surface area contributed by atoms with Gasteiger partial charge in [0.2, 0.25) is 5.91 Å². The van der Waals surface area contributed by atoms with Crippen LogP contribution in [0, 0.1) is 0 Å². The van der Waals surface area contributed by atoms with E-state index >= 15 is 0 Å². The number of nitrogens with zero attached hydrogens (tertiary/aromatic N) is 3. The van der Waals surface area contributed by atoms with Crippen molar-refractivity contribution in [1.82, 2.24) is 14.8 Å². The molecule has 0 bridgehead atoms. The Morgan fingerprint density at radius 1 is 1.28 bits per heavy atom. The molecule has 0 unspecified atom stereocenters. The van der Waals surface area contributed by atoms with E-state index in [4.69, 9.17) is 0 Å². The van der Waals surface area contributed by atoms with Gasteiger partial charge in [0.05, 0.1) is 16.3 Å². The zero-order valence-electron chi connectivity index (χ0n) is 14.3. The maximum atomic E-state index is 12.2. The van der Waals surface area contributed by atoms with Crippen LogP contribution in [0.2, 0.25) is 0 Å². The van der Waals surface area contributed by atoms with E-state index in [1.807, 2.05) is 4.57 Å². The van der Waals surface area contributed by atoms with Crippen molar-refractivity contribution in [2.24, 2.45) is 0 Å². The summed E-state index contributed by atoms with van der Waals surface area (Å²) >= 11 is 1.28. The molecule has 9 heteroatoms. The molecule has 0 aliphatic heterocycles. The molecule has 7 nitrogen and oxygen atoms in total. The standard InChI is InChI=1S/C16H22N4O3S2/c1-3-4-7-10-20-12-17-19-16(20)24-11-15(21)18-13-8-5-6-9-14(13)25(2,22)23/h5-6,8-9,12H,3-4,7,10-11H2,1-2H3,(H,18,21). The van der Waals surface area contributed by atoms with Crippen molar-refractivity contribution >= 4 is 33.2 Å². The zero-order valence-corrected chi connectivity index (χ0v) is 15.9. The van der Waals surface area contributed by atoms with Crippen molar-refractivity contribution in [2.45, 2.75) is 42.8 Å². The summed E-state index contributed by atoms with van der Waals surface area (Å²) in [7, 11) is -3.40. The first-order valence-corrected chi connectivity index (χ1v) is 10.9. The molecule has 0 saturated heterocycles. The summed E-state index contributed by atoms with van der Waals surface area (Å²) in [6.45, 7) is 2.96. The fourth-order valence-electron chi connectivity index (χ4n) is 2.25. The van der Waals surface area contributed by atoms with Gasteiger partial charge in [0.25, 0.3) is 0 Å². The summed E-state index contributed by atoms with van der Waals surface area (Å²) in [4.78, 5) is 12.3. The normalized spacial score (nSPS) is 11.4. The first-order valence-electron chi connectivity index (χ1n) is 8.01. The molecule has 0 atom stereocenters. The summed E-state index contributed by atoms with van der Waals surface area (Å²) in [5, 5.41) is 11.3. The number of carbonyl (C=O) groups is 1. The van der Waals surface area contributed by atoms with Crippen LogP contribution in [-0.2, 0) is 21.2 Å². The predicted molar refractivity (Wildman–Crippen MR) is 98.5 cm³/mol. The highest BCUT2D eigenvalue weighted by atomic mass is 32.2. The number of sulfone groups is 1. The lowest BCUT2D eigenvalue weighted by molar-refractivity contribution is -0.113. The number of aromatic nitrogens is 3. The Hall–Kier alpha value is -1.87. The van der Waals surface area contributed by atoms with E-state index in [1.165, 1.54) is 17.8 Å². The number of nitrogens with one attached hydrogen (secondary N) is 1. The summed E-state index contributed by atoms with van der Waals surface area (Å²) in [6, 6.07) is 6.36. The van der Waals surface area contributed by atoms with E-state index in [9.17, 15) is 13.2 Å². The zero-order chi connectivity index (χ0) is 18.3. The monoisotopic (exact) mass is 382 g/mol. The van der Waals surface area contributed by atoms with Crippen molar-refractivity contribution in [2.75, 3.05) is 17.3 Å². The molecule has 0 spiro atoms. The highest BCUT2D eigenvalue weighted by molar-refractivity contribution is 7.99. The second-order valence-electron chi connectivity index (χ2n) is 5.62. The lowest BCUT2D eigenvalue weighted by atomic mass is 10.2. The molecule has 1 amide bonds. The van der Waals surface area contributed by atoms with Crippen LogP contribution in [-0.4, -0.2) is 41.1 Å². The minimum atomic E-state index is -3.40. The molecule has 2 rings (SSSR count). The Kier molecular flexibility index (Phi) is 7.01. The summed E-state index contributed by atoms with van der Waals surface area (Å²) in [5.74, 6) is -0.158. The molecule has 0 radical (unpaired) electrons. The summed E-state index contributed by atoms with van der Waals surface area (Å²) in [5.41, 5.74) is 0.292. The minimum absolute atomic E-state index is 0.107. The second-order valence-corrected chi connectivity index (χ2v) is 8.55. The smallest absolute Gasteiger partial charge is 0.234 e. The fourth-order valence-corrected chi connectivity index (χ4v) is 3.84. The van der Waals surface area contributed by atoms with E-state index in [2.05, 4.69) is 22.4 Å². The van der Waals surface area contributed by atoms with Crippen LogP contribution in [0.25, 0.3) is 0 Å². The van der Waals surface area contributed by atoms with Gasteiger partial charge < -0.3 is 9.88 Å². The molecular weight excluding hydrogens is 360 g/mol. The number of thioether (sulfide) groups is 1. The van der Waals surface area contributed by atoms with E-state index in [1.54, 1.807) is 24.5 Å². The quantitative estimate of drug-likeness (QED) is 0.529. The SMILES string of the molecule is CCCCCn1cnnc1SCC(=O)Nc1ccccc1S(C)(=O)=O. The molecular formula is C16H22N4O3S2. The molecule has 25 heavy (non-hydrogen) atoms. The van der Waals surface area contributed by atoms with Gasteiger partial charge in [-0.15, -0.1) is 10.2 Å². The topological polar surface area (TPSA) is 93.9 Å². The van der Waals surface area contributed by atoms with Crippen LogP contribution < -0.4 is 5.32 Å². The van der Waals surface area contributed by atoms with E-state index in [0.717, 1.165) is 32.1 Å². The Morgan fingerprint density at radius 3 is 2.76 bits per heavy atom. The number of anilines is 1. The first-order chi connectivity index (χ1) is 11.9. The van der Waals surface area contributed by atoms with Crippen molar-refractivity contribution in [1.29, 1.82) is 0 Å². The van der Waals surface area contributed by atoms with E-state index < -0.39 is 9.84 Å². The van der Waals surface area contributed by atoms with Crippen LogP contribution in [0.3, 0.4) is 0 Å². The van der Waals surface area contributed by atoms with Crippen LogP contribution in [0.5, 0.6) is 0 Å². The lowest BCUT2D eigenvalue weighted by Crippen LogP contribution is -2.16. The van der Waals surface area contributed by atoms with Gasteiger partial charge in [-0.05, 0) is 18.6 Å². The number of para-hydroxylation sites is 1. The molecule has 1 aromatic carbocycles. The number of unbranched alkanes of at least 4 members (excludes halogenated alkanes) is 2. The van der Waals surface area contributed by atoms with Gasteiger partial charge in [0.1, 0.15) is 6.33 Å². The average molecular weight is 383 g/mol. The molecule has 0 fully saturated rings. The number of aryl methyl sites for hydroxylation is 1. The predicted octanol–water partition coefficient (Wildman–Crippen LogP) is 2.60. The van der Waals surface area contributed by atoms with Gasteiger partial charge >= 0.3 is 0 Å². The van der Waals surface area contributed by atoms with Crippen molar-refractivity contribution in [3.05, 3.63) is 30.6 Å². The molecule has 136 valence electrons. The number of hydrogen-bond acceptors (Lipinski definition) is 6. The molecule has 2 aromatic rings. The largest absolute Gasteiger partial charge is 0.324 e. The van der Waals surface area contributed by atoms with Crippen LogP contribution in [0.1, 0.15) is 26.2 Å². The third-order valence-corrected chi connectivity index (χ3v) is 5.61. The first kappa shape index (κ1) is 19.5. The van der Waals surface area contributed by atoms with Crippen molar-refractivity contribution in [3.8, 4) is 0 Å².